The smallest absolute Gasteiger partial charge is 0.0467 e. The number of nitrogens with zero attached hydrogens (tertiary/aromatic N) is 1. The van der Waals surface area contributed by atoms with Crippen LogP contribution in [0.1, 0.15) is 25.0 Å². The van der Waals surface area contributed by atoms with Crippen LogP contribution in [-0.2, 0) is 5.41 Å². The topological polar surface area (TPSA) is 3.24 Å². The molecule has 2 heteroatoms. The Hall–Kier alpha value is -6.48. The number of fused-ring (bicyclic) bond motifs is 10. The van der Waals surface area contributed by atoms with E-state index >= 15 is 0 Å². The summed E-state index contributed by atoms with van der Waals surface area (Å²) in [6, 6.07) is 69.5. The van der Waals surface area contributed by atoms with Crippen LogP contribution in [0.15, 0.2) is 188 Å². The summed E-state index contributed by atoms with van der Waals surface area (Å²) in [5.74, 6) is 0. The average Bonchev–Trinajstić information content (AvgIpc) is 3.73. The number of rotatable bonds is 5. The standard InChI is InChI=1S/C53H37NS/c1-53(2)48-21-9-8-18-44(48)45-31-29-41(33-49(45)53)54(40-16-10-15-38(32-40)34-12-4-3-5-13-34)39-27-24-36(25-28-39)43-19-11-20-46-47-30-26-37-23-22-35-14-6-7-17-42(35)50(37)52(47)55-51(43)46/h3-33H,1-2H3. The molecule has 0 spiro atoms. The lowest BCUT2D eigenvalue weighted by molar-refractivity contribution is 0.660. The summed E-state index contributed by atoms with van der Waals surface area (Å²) in [7, 11) is 0. The molecule has 1 aliphatic rings. The lowest BCUT2D eigenvalue weighted by atomic mass is 9.82. The molecule has 0 aliphatic heterocycles. The van der Waals surface area contributed by atoms with Crippen molar-refractivity contribution in [2.24, 2.45) is 0 Å². The van der Waals surface area contributed by atoms with Crippen molar-refractivity contribution in [1.82, 2.24) is 0 Å². The minimum atomic E-state index is -0.0934. The molecule has 11 rings (SSSR count). The Morgan fingerprint density at radius 2 is 1.02 bits per heavy atom. The molecule has 0 unspecified atom stereocenters. The molecule has 10 aromatic rings. The van der Waals surface area contributed by atoms with Crippen LogP contribution < -0.4 is 4.90 Å². The van der Waals surface area contributed by atoms with Crippen LogP contribution in [0.3, 0.4) is 0 Å². The van der Waals surface area contributed by atoms with Gasteiger partial charge in [-0.3, -0.25) is 0 Å². The lowest BCUT2D eigenvalue weighted by Gasteiger charge is -2.28. The van der Waals surface area contributed by atoms with Gasteiger partial charge in [0.25, 0.3) is 0 Å². The Morgan fingerprint density at radius 1 is 0.382 bits per heavy atom. The van der Waals surface area contributed by atoms with Gasteiger partial charge in [-0.15, -0.1) is 11.3 Å². The summed E-state index contributed by atoms with van der Waals surface area (Å²) in [5, 5.41) is 7.89. The van der Waals surface area contributed by atoms with E-state index in [0.717, 1.165) is 17.1 Å². The lowest BCUT2D eigenvalue weighted by Crippen LogP contribution is -2.16. The van der Waals surface area contributed by atoms with Crippen LogP contribution in [0, 0.1) is 0 Å². The Bertz CT molecular complexity index is 3110. The highest BCUT2D eigenvalue weighted by molar-refractivity contribution is 7.27. The third-order valence-electron chi connectivity index (χ3n) is 11.8. The molecule has 1 aliphatic carbocycles. The maximum absolute atomic E-state index is 2.42. The third-order valence-corrected chi connectivity index (χ3v) is 13.1. The van der Waals surface area contributed by atoms with Gasteiger partial charge < -0.3 is 4.90 Å². The van der Waals surface area contributed by atoms with E-state index in [1.54, 1.807) is 0 Å². The van der Waals surface area contributed by atoms with Crippen molar-refractivity contribution < 1.29 is 0 Å². The van der Waals surface area contributed by atoms with Gasteiger partial charge in [0.2, 0.25) is 0 Å². The first kappa shape index (κ1) is 32.0. The molecule has 1 heterocycles. The maximum atomic E-state index is 2.42. The molecular formula is C53H37NS. The summed E-state index contributed by atoms with van der Waals surface area (Å²) < 4.78 is 2.69. The van der Waals surface area contributed by atoms with Crippen molar-refractivity contribution in [3.63, 3.8) is 0 Å². The van der Waals surface area contributed by atoms with Crippen molar-refractivity contribution in [3.05, 3.63) is 199 Å². The quantitative estimate of drug-likeness (QED) is 0.160. The number of benzene rings is 9. The first-order valence-corrected chi connectivity index (χ1v) is 19.9. The second-order valence-corrected chi connectivity index (χ2v) is 16.3. The van der Waals surface area contributed by atoms with Crippen LogP contribution in [-0.4, -0.2) is 0 Å². The molecular weight excluding hydrogens is 683 g/mol. The summed E-state index contributed by atoms with van der Waals surface area (Å²) in [6.07, 6.45) is 0. The number of hydrogen-bond donors (Lipinski definition) is 0. The summed E-state index contributed by atoms with van der Waals surface area (Å²) >= 11 is 1.93. The van der Waals surface area contributed by atoms with Gasteiger partial charge in [0.15, 0.2) is 0 Å². The normalized spacial score (nSPS) is 13.1. The largest absolute Gasteiger partial charge is 0.310 e. The highest BCUT2D eigenvalue weighted by atomic mass is 32.1. The SMILES string of the molecule is CC1(C)c2ccccc2-c2ccc(N(c3ccc(-c4cccc5c4sc4c5ccc5ccc6ccccc6c54)cc3)c3cccc(-c4ccccc4)c3)cc21. The molecule has 9 aromatic carbocycles. The number of thiophene rings is 1. The van der Waals surface area contributed by atoms with E-state index in [9.17, 15) is 0 Å². The van der Waals surface area contributed by atoms with Crippen molar-refractivity contribution in [2.75, 3.05) is 4.90 Å². The highest BCUT2D eigenvalue weighted by Gasteiger charge is 2.35. The summed E-state index contributed by atoms with van der Waals surface area (Å²) in [6.45, 7) is 4.72. The number of hydrogen-bond acceptors (Lipinski definition) is 2. The van der Waals surface area contributed by atoms with Gasteiger partial charge in [-0.1, -0.05) is 166 Å². The van der Waals surface area contributed by atoms with Crippen molar-refractivity contribution >= 4 is 70.1 Å². The second kappa shape index (κ2) is 12.3. The molecule has 0 atom stereocenters. The maximum Gasteiger partial charge on any atom is 0.0467 e. The van der Waals surface area contributed by atoms with E-state index < -0.39 is 0 Å². The monoisotopic (exact) mass is 719 g/mol. The van der Waals surface area contributed by atoms with E-state index in [2.05, 4.69) is 207 Å². The van der Waals surface area contributed by atoms with Crippen molar-refractivity contribution in [2.45, 2.75) is 19.3 Å². The van der Waals surface area contributed by atoms with Gasteiger partial charge in [-0.25, -0.2) is 0 Å². The van der Waals surface area contributed by atoms with Gasteiger partial charge >= 0.3 is 0 Å². The third kappa shape index (κ3) is 4.99. The van der Waals surface area contributed by atoms with Gasteiger partial charge in [-0.2, -0.15) is 0 Å². The van der Waals surface area contributed by atoms with E-state index in [1.807, 2.05) is 11.3 Å². The summed E-state index contributed by atoms with van der Waals surface area (Å²) in [4.78, 5) is 2.42. The van der Waals surface area contributed by atoms with Crippen LogP contribution in [0.2, 0.25) is 0 Å². The van der Waals surface area contributed by atoms with Crippen LogP contribution >= 0.6 is 11.3 Å². The predicted octanol–water partition coefficient (Wildman–Crippen LogP) is 15.5. The zero-order chi connectivity index (χ0) is 36.7. The Labute approximate surface area is 325 Å². The van der Waals surface area contributed by atoms with Gasteiger partial charge in [-0.05, 0) is 97.1 Å². The fourth-order valence-corrected chi connectivity index (χ4v) is 10.5. The molecule has 0 N–H and O–H groups in total. The fraction of sp³-hybridized carbons (Fsp3) is 0.0566. The minimum absolute atomic E-state index is 0.0934. The zero-order valence-electron chi connectivity index (χ0n) is 30.8. The van der Waals surface area contributed by atoms with E-state index in [4.69, 9.17) is 0 Å². The molecule has 260 valence electrons. The summed E-state index contributed by atoms with van der Waals surface area (Å²) in [5.41, 5.74) is 13.6. The van der Waals surface area contributed by atoms with Crippen LogP contribution in [0.5, 0.6) is 0 Å². The Balaban J connectivity index is 1.06. The first-order chi connectivity index (χ1) is 27.0. The second-order valence-electron chi connectivity index (χ2n) is 15.3. The molecule has 0 saturated carbocycles. The molecule has 55 heavy (non-hydrogen) atoms. The predicted molar refractivity (Wildman–Crippen MR) is 237 cm³/mol. The molecule has 1 aromatic heterocycles. The van der Waals surface area contributed by atoms with E-state index in [0.29, 0.717) is 0 Å². The fourth-order valence-electron chi connectivity index (χ4n) is 9.09. The molecule has 0 amide bonds. The average molecular weight is 720 g/mol. The molecule has 0 radical (unpaired) electrons. The Morgan fingerprint density at radius 3 is 1.91 bits per heavy atom. The van der Waals surface area contributed by atoms with Gasteiger partial charge in [0, 0.05) is 48.0 Å². The van der Waals surface area contributed by atoms with E-state index in [1.165, 1.54) is 86.2 Å². The van der Waals surface area contributed by atoms with Crippen molar-refractivity contribution in [1.29, 1.82) is 0 Å². The molecule has 1 nitrogen and oxygen atoms in total. The highest BCUT2D eigenvalue weighted by Crippen LogP contribution is 2.51. The number of anilines is 3. The Kier molecular flexibility index (Phi) is 7.14. The van der Waals surface area contributed by atoms with Crippen LogP contribution in [0.4, 0.5) is 17.1 Å². The molecule has 0 bridgehead atoms. The van der Waals surface area contributed by atoms with Crippen molar-refractivity contribution in [3.8, 4) is 33.4 Å². The van der Waals surface area contributed by atoms with Gasteiger partial charge in [0.1, 0.15) is 0 Å². The van der Waals surface area contributed by atoms with E-state index in [-0.39, 0.29) is 5.41 Å². The molecule has 0 saturated heterocycles. The van der Waals surface area contributed by atoms with Crippen LogP contribution in [0.25, 0.3) is 75.1 Å². The zero-order valence-corrected chi connectivity index (χ0v) is 31.6. The minimum Gasteiger partial charge on any atom is -0.310 e. The van der Waals surface area contributed by atoms with Gasteiger partial charge in [0.05, 0.1) is 0 Å². The first-order valence-electron chi connectivity index (χ1n) is 19.1. The molecule has 0 fully saturated rings.